The Labute approximate surface area is 118 Å². The number of aldehydes is 1. The Kier molecular flexibility index (Phi) is 3.52. The SMILES string of the molecule is CCOC(=O)[C@@H]1C[C@]2(C=O)C[C@@H]2N1C(=O)OC(C)(C)C. The normalized spacial score (nSPS) is 31.5. The molecule has 0 radical (unpaired) electrons. The first kappa shape index (κ1) is 14.8. The Bertz CT molecular complexity index is 441. The summed E-state index contributed by atoms with van der Waals surface area (Å²) in [5.41, 5.74) is -1.22. The third-order valence-electron chi connectivity index (χ3n) is 3.72. The van der Waals surface area contributed by atoms with Crippen LogP contribution in [0.15, 0.2) is 0 Å². The molecule has 1 aliphatic carbocycles. The van der Waals surface area contributed by atoms with E-state index < -0.39 is 29.1 Å². The molecule has 1 heterocycles. The van der Waals surface area contributed by atoms with E-state index in [1.807, 2.05) is 0 Å². The Balaban J connectivity index is 2.17. The lowest BCUT2D eigenvalue weighted by atomic mass is 10.0. The summed E-state index contributed by atoms with van der Waals surface area (Å²) in [5.74, 6) is -0.466. The number of piperidine rings is 1. The lowest BCUT2D eigenvalue weighted by Gasteiger charge is -2.29. The molecule has 0 aromatic rings. The van der Waals surface area contributed by atoms with Crippen molar-refractivity contribution in [3.8, 4) is 0 Å². The second-order valence-electron chi connectivity index (χ2n) is 6.43. The summed E-state index contributed by atoms with van der Waals surface area (Å²) in [5, 5.41) is 0. The van der Waals surface area contributed by atoms with Crippen molar-refractivity contribution in [1.82, 2.24) is 4.90 Å². The molecule has 20 heavy (non-hydrogen) atoms. The van der Waals surface area contributed by atoms with E-state index in [4.69, 9.17) is 9.47 Å². The summed E-state index contributed by atoms with van der Waals surface area (Å²) in [7, 11) is 0. The average molecular weight is 283 g/mol. The molecule has 1 saturated heterocycles. The van der Waals surface area contributed by atoms with Gasteiger partial charge >= 0.3 is 12.1 Å². The van der Waals surface area contributed by atoms with Gasteiger partial charge in [-0.1, -0.05) is 0 Å². The molecular formula is C14H21NO5. The zero-order chi connectivity index (χ0) is 15.1. The highest BCUT2D eigenvalue weighted by Crippen LogP contribution is 2.58. The van der Waals surface area contributed by atoms with Gasteiger partial charge in [-0.15, -0.1) is 0 Å². The highest BCUT2D eigenvalue weighted by Gasteiger charge is 2.68. The standard InChI is InChI=1S/C14H21NO5/c1-5-19-11(17)9-6-14(8-16)7-10(14)15(9)12(18)20-13(2,3)4/h8-10H,5-7H2,1-4H3/t9-,10-,14+/m0/s1. The third-order valence-corrected chi connectivity index (χ3v) is 3.72. The van der Waals surface area contributed by atoms with Crippen molar-refractivity contribution in [3.63, 3.8) is 0 Å². The quantitative estimate of drug-likeness (QED) is 0.580. The lowest BCUT2D eigenvalue weighted by Crippen LogP contribution is -2.46. The monoisotopic (exact) mass is 283 g/mol. The fourth-order valence-electron chi connectivity index (χ4n) is 2.75. The minimum absolute atomic E-state index is 0.232. The fraction of sp³-hybridized carbons (Fsp3) is 0.786. The van der Waals surface area contributed by atoms with Crippen molar-refractivity contribution >= 4 is 18.3 Å². The Morgan fingerprint density at radius 2 is 2.00 bits per heavy atom. The summed E-state index contributed by atoms with van der Waals surface area (Å²) >= 11 is 0. The van der Waals surface area contributed by atoms with E-state index >= 15 is 0 Å². The van der Waals surface area contributed by atoms with Crippen LogP contribution in [0.3, 0.4) is 0 Å². The van der Waals surface area contributed by atoms with Crippen LogP contribution in [0.1, 0.15) is 40.5 Å². The van der Waals surface area contributed by atoms with Gasteiger partial charge in [-0.3, -0.25) is 4.90 Å². The van der Waals surface area contributed by atoms with Gasteiger partial charge in [-0.2, -0.15) is 0 Å². The van der Waals surface area contributed by atoms with E-state index in [-0.39, 0.29) is 12.6 Å². The van der Waals surface area contributed by atoms with Crippen LogP contribution in [0.5, 0.6) is 0 Å². The Hall–Kier alpha value is -1.59. The van der Waals surface area contributed by atoms with Gasteiger partial charge in [0.2, 0.25) is 0 Å². The van der Waals surface area contributed by atoms with Crippen molar-refractivity contribution < 1.29 is 23.9 Å². The first-order valence-corrected chi connectivity index (χ1v) is 6.88. The lowest BCUT2D eigenvalue weighted by molar-refractivity contribution is -0.149. The van der Waals surface area contributed by atoms with Gasteiger partial charge < -0.3 is 14.3 Å². The molecule has 0 aromatic heterocycles. The molecule has 1 aliphatic heterocycles. The number of amides is 1. The van der Waals surface area contributed by atoms with Crippen molar-refractivity contribution in [2.75, 3.05) is 6.61 Å². The fourth-order valence-corrected chi connectivity index (χ4v) is 2.75. The van der Waals surface area contributed by atoms with E-state index in [0.717, 1.165) is 6.29 Å². The van der Waals surface area contributed by atoms with Gasteiger partial charge in [0, 0.05) is 6.04 Å². The zero-order valence-corrected chi connectivity index (χ0v) is 12.3. The second-order valence-corrected chi connectivity index (χ2v) is 6.43. The number of hydrogen-bond acceptors (Lipinski definition) is 5. The predicted octanol–water partition coefficient (Wildman–Crippen LogP) is 1.52. The van der Waals surface area contributed by atoms with E-state index in [9.17, 15) is 14.4 Å². The Morgan fingerprint density at radius 1 is 1.35 bits per heavy atom. The predicted molar refractivity (Wildman–Crippen MR) is 70.0 cm³/mol. The second kappa shape index (κ2) is 4.75. The maximum atomic E-state index is 12.3. The number of hydrogen-bond donors (Lipinski definition) is 0. The van der Waals surface area contributed by atoms with Gasteiger partial charge in [-0.25, -0.2) is 9.59 Å². The van der Waals surface area contributed by atoms with E-state index in [2.05, 4.69) is 0 Å². The molecule has 1 amide bonds. The van der Waals surface area contributed by atoms with E-state index in [1.165, 1.54) is 4.90 Å². The van der Waals surface area contributed by atoms with Crippen LogP contribution in [0.4, 0.5) is 4.79 Å². The van der Waals surface area contributed by atoms with Crippen LogP contribution in [-0.4, -0.2) is 47.5 Å². The number of fused-ring (bicyclic) bond motifs is 1. The smallest absolute Gasteiger partial charge is 0.411 e. The molecule has 112 valence electrons. The molecule has 0 bridgehead atoms. The maximum absolute atomic E-state index is 12.3. The van der Waals surface area contributed by atoms with Crippen molar-refractivity contribution in [2.24, 2.45) is 5.41 Å². The number of carbonyl (C=O) groups is 3. The Morgan fingerprint density at radius 3 is 2.50 bits per heavy atom. The van der Waals surface area contributed by atoms with Gasteiger partial charge in [0.15, 0.2) is 0 Å². The first-order chi connectivity index (χ1) is 9.24. The largest absolute Gasteiger partial charge is 0.464 e. The molecule has 1 saturated carbocycles. The van der Waals surface area contributed by atoms with Crippen LogP contribution < -0.4 is 0 Å². The molecule has 0 aromatic carbocycles. The molecule has 6 heteroatoms. The molecule has 0 unspecified atom stereocenters. The van der Waals surface area contributed by atoms with Crippen LogP contribution in [0.2, 0.25) is 0 Å². The summed E-state index contributed by atoms with van der Waals surface area (Å²) in [4.78, 5) is 36.8. The molecular weight excluding hydrogens is 262 g/mol. The van der Waals surface area contributed by atoms with E-state index in [0.29, 0.717) is 12.8 Å². The number of likely N-dealkylation sites (tertiary alicyclic amines) is 1. The van der Waals surface area contributed by atoms with Gasteiger partial charge in [0.25, 0.3) is 0 Å². The van der Waals surface area contributed by atoms with Crippen molar-refractivity contribution in [2.45, 2.75) is 58.2 Å². The molecule has 6 nitrogen and oxygen atoms in total. The summed E-state index contributed by atoms with van der Waals surface area (Å²) in [6.07, 6.45) is 1.24. The molecule has 2 rings (SSSR count). The molecule has 3 atom stereocenters. The molecule has 0 spiro atoms. The van der Waals surface area contributed by atoms with Crippen molar-refractivity contribution in [1.29, 1.82) is 0 Å². The van der Waals surface area contributed by atoms with Gasteiger partial charge in [0.05, 0.1) is 12.0 Å². The first-order valence-electron chi connectivity index (χ1n) is 6.88. The third kappa shape index (κ3) is 2.51. The summed E-state index contributed by atoms with van der Waals surface area (Å²) in [6, 6.07) is -0.946. The summed E-state index contributed by atoms with van der Waals surface area (Å²) < 4.78 is 10.3. The van der Waals surface area contributed by atoms with Crippen LogP contribution in [-0.2, 0) is 19.1 Å². The van der Waals surface area contributed by atoms with Gasteiger partial charge in [0.1, 0.15) is 17.9 Å². The minimum atomic E-state index is -0.714. The van der Waals surface area contributed by atoms with Crippen LogP contribution >= 0.6 is 0 Å². The number of esters is 1. The molecule has 2 fully saturated rings. The van der Waals surface area contributed by atoms with Crippen LogP contribution in [0.25, 0.3) is 0 Å². The topological polar surface area (TPSA) is 72.9 Å². The van der Waals surface area contributed by atoms with E-state index in [1.54, 1.807) is 27.7 Å². The number of rotatable bonds is 3. The minimum Gasteiger partial charge on any atom is -0.464 e. The zero-order valence-electron chi connectivity index (χ0n) is 12.3. The number of carbonyl (C=O) groups excluding carboxylic acids is 3. The van der Waals surface area contributed by atoms with Crippen molar-refractivity contribution in [3.05, 3.63) is 0 Å². The number of nitrogens with zero attached hydrogens (tertiary/aromatic N) is 1. The molecule has 2 aliphatic rings. The van der Waals surface area contributed by atoms with Crippen LogP contribution in [0, 0.1) is 5.41 Å². The highest BCUT2D eigenvalue weighted by atomic mass is 16.6. The summed E-state index contributed by atoms with van der Waals surface area (Å²) in [6.45, 7) is 7.25. The van der Waals surface area contributed by atoms with Gasteiger partial charge in [-0.05, 0) is 40.5 Å². The molecule has 0 N–H and O–H groups in total. The number of ether oxygens (including phenoxy) is 2. The average Bonchev–Trinajstić information content (AvgIpc) is 2.93. The maximum Gasteiger partial charge on any atom is 0.411 e. The highest BCUT2D eigenvalue weighted by molar-refractivity contribution is 5.86.